The van der Waals surface area contributed by atoms with Gasteiger partial charge >= 0.3 is 0 Å². The summed E-state index contributed by atoms with van der Waals surface area (Å²) in [4.78, 5) is 0. The molecular formula is C21H36. The molecule has 0 heterocycles. The Morgan fingerprint density at radius 3 is 1.95 bits per heavy atom. The molecule has 0 amide bonds. The summed E-state index contributed by atoms with van der Waals surface area (Å²) < 4.78 is 0. The van der Waals surface area contributed by atoms with Crippen LogP contribution in [0.25, 0.3) is 0 Å². The van der Waals surface area contributed by atoms with Crippen molar-refractivity contribution in [3.8, 4) is 0 Å². The maximum atomic E-state index is 3.94. The van der Waals surface area contributed by atoms with Gasteiger partial charge in [-0.3, -0.25) is 0 Å². The van der Waals surface area contributed by atoms with Crippen molar-refractivity contribution >= 4 is 0 Å². The van der Waals surface area contributed by atoms with Gasteiger partial charge in [0.05, 0.1) is 0 Å². The van der Waals surface area contributed by atoms with Crippen LogP contribution in [0.2, 0.25) is 0 Å². The number of allylic oxidation sites excluding steroid dienone is 3. The lowest BCUT2D eigenvalue weighted by Crippen LogP contribution is -2.14. The minimum Gasteiger partial charge on any atom is -0.103 e. The van der Waals surface area contributed by atoms with Crippen LogP contribution in [-0.2, 0) is 0 Å². The molecule has 0 radical (unpaired) electrons. The monoisotopic (exact) mass is 288 g/mol. The fraction of sp³-hybridized carbons (Fsp3) is 0.810. The molecule has 0 nitrogen and oxygen atoms in total. The first-order valence-electron chi connectivity index (χ1n) is 9.61. The van der Waals surface area contributed by atoms with E-state index in [1.807, 2.05) is 0 Å². The molecule has 0 aromatic rings. The zero-order chi connectivity index (χ0) is 14.9. The minimum absolute atomic E-state index is 0.799. The summed E-state index contributed by atoms with van der Waals surface area (Å²) in [5.41, 5.74) is 0. The highest BCUT2D eigenvalue weighted by atomic mass is 14.3. The molecule has 2 aliphatic rings. The van der Waals surface area contributed by atoms with Crippen molar-refractivity contribution in [1.82, 2.24) is 0 Å². The molecule has 0 N–H and O–H groups in total. The van der Waals surface area contributed by atoms with Crippen molar-refractivity contribution in [1.29, 1.82) is 0 Å². The largest absolute Gasteiger partial charge is 0.103 e. The molecule has 2 fully saturated rings. The lowest BCUT2D eigenvalue weighted by atomic mass is 9.78. The first-order chi connectivity index (χ1) is 10.3. The van der Waals surface area contributed by atoms with E-state index < -0.39 is 0 Å². The van der Waals surface area contributed by atoms with Crippen molar-refractivity contribution in [2.75, 3.05) is 0 Å². The van der Waals surface area contributed by atoms with Crippen LogP contribution in [0.15, 0.2) is 24.8 Å². The third-order valence-electron chi connectivity index (χ3n) is 5.96. The highest BCUT2D eigenvalue weighted by molar-refractivity contribution is 4.94. The van der Waals surface area contributed by atoms with Crippen LogP contribution in [0.3, 0.4) is 0 Å². The molecule has 0 aromatic carbocycles. The van der Waals surface area contributed by atoms with E-state index in [0.717, 1.165) is 23.7 Å². The molecule has 0 atom stereocenters. The Kier molecular flexibility index (Phi) is 7.61. The van der Waals surface area contributed by atoms with Crippen molar-refractivity contribution in [3.05, 3.63) is 24.8 Å². The molecule has 2 aliphatic carbocycles. The van der Waals surface area contributed by atoms with Gasteiger partial charge < -0.3 is 0 Å². The second-order valence-corrected chi connectivity index (χ2v) is 7.59. The van der Waals surface area contributed by atoms with Crippen LogP contribution in [0.5, 0.6) is 0 Å². The highest BCUT2D eigenvalue weighted by Crippen LogP contribution is 2.34. The summed E-state index contributed by atoms with van der Waals surface area (Å²) in [6.07, 6.45) is 24.3. The van der Waals surface area contributed by atoms with Crippen LogP contribution in [0.4, 0.5) is 0 Å². The topological polar surface area (TPSA) is 0 Å². The Balaban J connectivity index is 1.55. The summed E-state index contributed by atoms with van der Waals surface area (Å²) in [5, 5.41) is 0. The summed E-state index contributed by atoms with van der Waals surface area (Å²) in [5.74, 6) is 3.75. The van der Waals surface area contributed by atoms with E-state index in [1.54, 1.807) is 0 Å². The van der Waals surface area contributed by atoms with Gasteiger partial charge in [-0.05, 0) is 62.2 Å². The summed E-state index contributed by atoms with van der Waals surface area (Å²) >= 11 is 0. The van der Waals surface area contributed by atoms with Crippen molar-refractivity contribution in [3.63, 3.8) is 0 Å². The number of hydrogen-bond donors (Lipinski definition) is 0. The molecule has 0 unspecified atom stereocenters. The van der Waals surface area contributed by atoms with Crippen LogP contribution >= 0.6 is 0 Å². The van der Waals surface area contributed by atoms with Crippen LogP contribution in [0, 0.1) is 23.7 Å². The van der Waals surface area contributed by atoms with Gasteiger partial charge in [0.1, 0.15) is 0 Å². The van der Waals surface area contributed by atoms with Crippen LogP contribution in [0.1, 0.15) is 84.0 Å². The lowest BCUT2D eigenvalue weighted by Gasteiger charge is -2.28. The normalized spacial score (nSPS) is 34.1. The molecule has 21 heavy (non-hydrogen) atoms. The van der Waals surface area contributed by atoms with Gasteiger partial charge in [-0.15, -0.1) is 6.58 Å². The Labute approximate surface area is 133 Å². The first kappa shape index (κ1) is 16.8. The van der Waals surface area contributed by atoms with E-state index in [-0.39, 0.29) is 0 Å². The zero-order valence-electron chi connectivity index (χ0n) is 14.2. The fourth-order valence-corrected chi connectivity index (χ4v) is 4.41. The smallest absolute Gasteiger partial charge is 0.0233 e. The molecule has 0 bridgehead atoms. The van der Waals surface area contributed by atoms with Gasteiger partial charge in [-0.2, -0.15) is 0 Å². The van der Waals surface area contributed by atoms with Crippen molar-refractivity contribution in [2.45, 2.75) is 84.0 Å². The average Bonchev–Trinajstić information content (AvgIpc) is 2.54. The Morgan fingerprint density at radius 1 is 0.810 bits per heavy atom. The first-order valence-corrected chi connectivity index (χ1v) is 9.61. The van der Waals surface area contributed by atoms with E-state index in [4.69, 9.17) is 0 Å². The van der Waals surface area contributed by atoms with Crippen LogP contribution < -0.4 is 0 Å². The molecule has 2 saturated carbocycles. The average molecular weight is 289 g/mol. The molecule has 0 heteroatoms. The van der Waals surface area contributed by atoms with Gasteiger partial charge in [0.2, 0.25) is 0 Å². The van der Waals surface area contributed by atoms with E-state index in [9.17, 15) is 0 Å². The molecular weight excluding hydrogens is 252 g/mol. The fourth-order valence-electron chi connectivity index (χ4n) is 4.41. The molecule has 2 rings (SSSR count). The zero-order valence-corrected chi connectivity index (χ0v) is 14.2. The SMILES string of the molecule is C=CC1CCC(/C=C/CCC2CCC(CCC)CC2)CC1. The van der Waals surface area contributed by atoms with Gasteiger partial charge in [0, 0.05) is 0 Å². The van der Waals surface area contributed by atoms with Gasteiger partial charge in [0.15, 0.2) is 0 Å². The summed E-state index contributed by atoms with van der Waals surface area (Å²) in [6, 6.07) is 0. The van der Waals surface area contributed by atoms with E-state index >= 15 is 0 Å². The second kappa shape index (κ2) is 9.49. The summed E-state index contributed by atoms with van der Waals surface area (Å²) in [7, 11) is 0. The predicted octanol–water partition coefficient (Wildman–Crippen LogP) is 6.92. The molecule has 120 valence electrons. The van der Waals surface area contributed by atoms with Crippen LogP contribution in [-0.4, -0.2) is 0 Å². The minimum atomic E-state index is 0.799. The predicted molar refractivity (Wildman–Crippen MR) is 94.4 cm³/mol. The maximum Gasteiger partial charge on any atom is -0.0233 e. The van der Waals surface area contributed by atoms with E-state index in [2.05, 4.69) is 31.7 Å². The maximum absolute atomic E-state index is 3.94. The molecule has 0 spiro atoms. The molecule has 0 aromatic heterocycles. The number of hydrogen-bond acceptors (Lipinski definition) is 0. The van der Waals surface area contributed by atoms with Crippen molar-refractivity contribution < 1.29 is 0 Å². The lowest BCUT2D eigenvalue weighted by molar-refractivity contribution is 0.253. The molecule has 0 saturated heterocycles. The Hall–Kier alpha value is -0.520. The Morgan fingerprint density at radius 2 is 1.38 bits per heavy atom. The third-order valence-corrected chi connectivity index (χ3v) is 5.96. The Bertz CT molecular complexity index is 298. The number of rotatable bonds is 7. The summed E-state index contributed by atoms with van der Waals surface area (Å²) in [6.45, 7) is 6.27. The second-order valence-electron chi connectivity index (χ2n) is 7.59. The van der Waals surface area contributed by atoms with Gasteiger partial charge in [-0.1, -0.05) is 63.7 Å². The quantitative estimate of drug-likeness (QED) is 0.446. The van der Waals surface area contributed by atoms with E-state index in [0.29, 0.717) is 0 Å². The van der Waals surface area contributed by atoms with E-state index in [1.165, 1.54) is 77.0 Å². The third kappa shape index (κ3) is 6.01. The standard InChI is InChI=1S/C21H36/c1-3-7-19-14-16-21(17-15-19)9-6-5-8-20-12-10-18(4-2)11-13-20/h4-5,8,18-21H,2-3,6-7,9-17H2,1H3/b8-5+. The highest BCUT2D eigenvalue weighted by Gasteiger charge is 2.20. The van der Waals surface area contributed by atoms with Gasteiger partial charge in [0.25, 0.3) is 0 Å². The molecule has 0 aliphatic heterocycles. The van der Waals surface area contributed by atoms with Gasteiger partial charge in [-0.25, -0.2) is 0 Å². The van der Waals surface area contributed by atoms with Crippen molar-refractivity contribution in [2.24, 2.45) is 23.7 Å².